The second kappa shape index (κ2) is 9.80. The second-order valence-electron chi connectivity index (χ2n) is 6.50. The summed E-state index contributed by atoms with van der Waals surface area (Å²) in [6, 6.07) is 11.4. The summed E-state index contributed by atoms with van der Waals surface area (Å²) in [7, 11) is 0. The quantitative estimate of drug-likeness (QED) is 0.693. The topological polar surface area (TPSA) is 128 Å². The van der Waals surface area contributed by atoms with Gasteiger partial charge in [-0.2, -0.15) is 18.4 Å². The minimum absolute atomic E-state index is 0.123. The molecule has 30 heavy (non-hydrogen) atoms. The number of carbonyl (C=O) groups excluding carboxylic acids is 1. The lowest BCUT2D eigenvalue weighted by molar-refractivity contribution is -0.192. The standard InChI is InChI=1S/C17H17N5O.C2HF3O2/c1-11-5-14(9-19-11)22-17(23)16-7-15(20-10-21-16)13-4-2-3-12(6-13)8-18;3-2(4,5)1(6)7/h2-4,6-7,10-11,14,19H,5,9H2,1H3,(H,22,23);(H,6,7)/t11-,14-;/m1./s1. The van der Waals surface area contributed by atoms with E-state index in [1.807, 2.05) is 6.07 Å². The van der Waals surface area contributed by atoms with Gasteiger partial charge in [0, 0.05) is 24.2 Å². The van der Waals surface area contributed by atoms with E-state index >= 15 is 0 Å². The summed E-state index contributed by atoms with van der Waals surface area (Å²) < 4.78 is 31.7. The van der Waals surface area contributed by atoms with Crippen molar-refractivity contribution in [1.29, 1.82) is 5.26 Å². The molecular formula is C19H18F3N5O3. The van der Waals surface area contributed by atoms with Crippen molar-refractivity contribution in [2.45, 2.75) is 31.6 Å². The lowest BCUT2D eigenvalue weighted by Crippen LogP contribution is -2.36. The molecule has 1 aliphatic rings. The summed E-state index contributed by atoms with van der Waals surface area (Å²) >= 11 is 0. The van der Waals surface area contributed by atoms with E-state index in [1.54, 1.807) is 24.3 Å². The van der Waals surface area contributed by atoms with E-state index in [-0.39, 0.29) is 11.9 Å². The molecule has 3 N–H and O–H groups in total. The molecule has 1 amide bonds. The Morgan fingerprint density at radius 3 is 2.57 bits per heavy atom. The number of aliphatic carboxylic acids is 1. The van der Waals surface area contributed by atoms with Crippen LogP contribution in [0.1, 0.15) is 29.4 Å². The number of carbonyl (C=O) groups is 2. The van der Waals surface area contributed by atoms with E-state index in [1.165, 1.54) is 6.33 Å². The molecule has 0 radical (unpaired) electrons. The Labute approximate surface area is 169 Å². The average Bonchev–Trinajstić information content (AvgIpc) is 3.12. The number of carboxylic acids is 1. The van der Waals surface area contributed by atoms with Crippen molar-refractivity contribution in [1.82, 2.24) is 20.6 Å². The van der Waals surface area contributed by atoms with Crippen LogP contribution in [0.25, 0.3) is 11.3 Å². The van der Waals surface area contributed by atoms with Crippen molar-refractivity contribution in [3.05, 3.63) is 47.9 Å². The third-order valence-corrected chi connectivity index (χ3v) is 4.12. The van der Waals surface area contributed by atoms with Gasteiger partial charge in [-0.15, -0.1) is 0 Å². The fraction of sp³-hybridized carbons (Fsp3) is 0.316. The van der Waals surface area contributed by atoms with Gasteiger partial charge in [0.2, 0.25) is 0 Å². The molecule has 0 bridgehead atoms. The lowest BCUT2D eigenvalue weighted by atomic mass is 10.1. The Morgan fingerprint density at radius 2 is 2.00 bits per heavy atom. The maximum atomic E-state index is 12.3. The van der Waals surface area contributed by atoms with Crippen LogP contribution < -0.4 is 10.6 Å². The van der Waals surface area contributed by atoms with Crippen LogP contribution in [0.3, 0.4) is 0 Å². The van der Waals surface area contributed by atoms with Crippen molar-refractivity contribution in [2.75, 3.05) is 6.54 Å². The molecule has 1 saturated heterocycles. The van der Waals surface area contributed by atoms with E-state index in [9.17, 15) is 18.0 Å². The summed E-state index contributed by atoms with van der Waals surface area (Å²) in [5.74, 6) is -2.96. The second-order valence-corrected chi connectivity index (χ2v) is 6.50. The van der Waals surface area contributed by atoms with E-state index in [0.29, 0.717) is 23.0 Å². The first-order valence-corrected chi connectivity index (χ1v) is 8.77. The maximum absolute atomic E-state index is 12.3. The van der Waals surface area contributed by atoms with E-state index in [2.05, 4.69) is 33.6 Å². The number of carboxylic acid groups (broad SMARTS) is 1. The number of nitriles is 1. The predicted molar refractivity (Wildman–Crippen MR) is 99.2 cm³/mol. The third kappa shape index (κ3) is 6.52. The number of alkyl halides is 3. The number of hydrogen-bond donors (Lipinski definition) is 3. The van der Waals surface area contributed by atoms with Gasteiger partial charge in [-0.05, 0) is 31.5 Å². The molecule has 8 nitrogen and oxygen atoms in total. The van der Waals surface area contributed by atoms with E-state index < -0.39 is 12.1 Å². The monoisotopic (exact) mass is 421 g/mol. The Bertz CT molecular complexity index is 959. The van der Waals surface area contributed by atoms with Gasteiger partial charge in [-0.3, -0.25) is 4.79 Å². The summed E-state index contributed by atoms with van der Waals surface area (Å²) in [6.45, 7) is 2.87. The lowest BCUT2D eigenvalue weighted by Gasteiger charge is -2.11. The first-order valence-electron chi connectivity index (χ1n) is 8.77. The highest BCUT2D eigenvalue weighted by molar-refractivity contribution is 5.93. The fourth-order valence-corrected chi connectivity index (χ4v) is 2.69. The van der Waals surface area contributed by atoms with Crippen molar-refractivity contribution < 1.29 is 27.9 Å². The van der Waals surface area contributed by atoms with Crippen molar-refractivity contribution in [3.63, 3.8) is 0 Å². The minimum atomic E-state index is -5.08. The zero-order chi connectivity index (χ0) is 22.3. The molecule has 1 aromatic heterocycles. The van der Waals surface area contributed by atoms with Crippen molar-refractivity contribution in [3.8, 4) is 17.3 Å². The molecule has 158 valence electrons. The van der Waals surface area contributed by atoms with Crippen LogP contribution in [-0.2, 0) is 4.79 Å². The molecule has 2 atom stereocenters. The molecule has 0 spiro atoms. The Hall–Kier alpha value is -3.52. The Kier molecular flexibility index (Phi) is 7.43. The first kappa shape index (κ1) is 22.8. The molecule has 11 heteroatoms. The maximum Gasteiger partial charge on any atom is 0.490 e. The molecular weight excluding hydrogens is 403 g/mol. The first-order chi connectivity index (χ1) is 14.1. The highest BCUT2D eigenvalue weighted by atomic mass is 19.4. The van der Waals surface area contributed by atoms with Crippen LogP contribution in [0.5, 0.6) is 0 Å². The van der Waals surface area contributed by atoms with E-state index in [4.69, 9.17) is 15.2 Å². The van der Waals surface area contributed by atoms with Gasteiger partial charge in [0.15, 0.2) is 0 Å². The van der Waals surface area contributed by atoms with Crippen LogP contribution in [-0.4, -0.2) is 51.8 Å². The SMILES string of the molecule is C[C@@H]1C[C@@H](NC(=O)c2cc(-c3cccc(C#N)c3)ncn2)CN1.O=C(O)C(F)(F)F. The smallest absolute Gasteiger partial charge is 0.475 e. The van der Waals surface area contributed by atoms with E-state index in [0.717, 1.165) is 18.5 Å². The molecule has 1 fully saturated rings. The number of hydrogen-bond acceptors (Lipinski definition) is 6. The Morgan fingerprint density at radius 1 is 1.30 bits per heavy atom. The number of nitrogens with one attached hydrogen (secondary N) is 2. The average molecular weight is 421 g/mol. The van der Waals surface area contributed by atoms with Crippen LogP contribution in [0.2, 0.25) is 0 Å². The number of amides is 1. The highest BCUT2D eigenvalue weighted by Crippen LogP contribution is 2.18. The summed E-state index contributed by atoms with van der Waals surface area (Å²) in [6.07, 6.45) is -2.80. The molecule has 0 saturated carbocycles. The number of halogens is 3. The summed E-state index contributed by atoms with van der Waals surface area (Å²) in [5, 5.41) is 22.4. The summed E-state index contributed by atoms with van der Waals surface area (Å²) in [5.41, 5.74) is 2.30. The molecule has 0 unspecified atom stereocenters. The third-order valence-electron chi connectivity index (χ3n) is 4.12. The van der Waals surface area contributed by atoms with Crippen molar-refractivity contribution >= 4 is 11.9 Å². The minimum Gasteiger partial charge on any atom is -0.475 e. The van der Waals surface area contributed by atoms with Crippen LogP contribution >= 0.6 is 0 Å². The molecule has 2 aromatic rings. The van der Waals surface area contributed by atoms with Crippen LogP contribution in [0, 0.1) is 11.3 Å². The highest BCUT2D eigenvalue weighted by Gasteiger charge is 2.38. The van der Waals surface area contributed by atoms with Gasteiger partial charge in [0.1, 0.15) is 12.0 Å². The zero-order valence-corrected chi connectivity index (χ0v) is 15.8. The molecule has 1 aliphatic heterocycles. The number of rotatable bonds is 3. The van der Waals surface area contributed by atoms with Crippen LogP contribution in [0.15, 0.2) is 36.7 Å². The Balaban J connectivity index is 0.000000396. The molecule has 1 aromatic carbocycles. The largest absolute Gasteiger partial charge is 0.490 e. The van der Waals surface area contributed by atoms with Gasteiger partial charge >= 0.3 is 12.1 Å². The van der Waals surface area contributed by atoms with Crippen molar-refractivity contribution in [2.24, 2.45) is 0 Å². The van der Waals surface area contributed by atoms with Gasteiger partial charge in [-0.25, -0.2) is 14.8 Å². The summed E-state index contributed by atoms with van der Waals surface area (Å²) in [4.78, 5) is 29.5. The molecule has 3 rings (SSSR count). The number of aromatic nitrogens is 2. The van der Waals surface area contributed by atoms with Gasteiger partial charge in [0.05, 0.1) is 17.3 Å². The normalized spacial score (nSPS) is 18.0. The zero-order valence-electron chi connectivity index (χ0n) is 15.8. The molecule has 0 aliphatic carbocycles. The van der Waals surface area contributed by atoms with Crippen LogP contribution in [0.4, 0.5) is 13.2 Å². The van der Waals surface area contributed by atoms with Gasteiger partial charge in [-0.1, -0.05) is 12.1 Å². The number of benzene rings is 1. The predicted octanol–water partition coefficient (Wildman–Crippen LogP) is 2.13. The van der Waals surface area contributed by atoms with Gasteiger partial charge < -0.3 is 15.7 Å². The number of nitrogens with zero attached hydrogens (tertiary/aromatic N) is 3. The molecule has 2 heterocycles. The fourth-order valence-electron chi connectivity index (χ4n) is 2.69. The van der Waals surface area contributed by atoms with Gasteiger partial charge in [0.25, 0.3) is 5.91 Å².